The van der Waals surface area contributed by atoms with Gasteiger partial charge < -0.3 is 9.84 Å². The summed E-state index contributed by atoms with van der Waals surface area (Å²) in [6.45, 7) is 7.70. The van der Waals surface area contributed by atoms with E-state index in [0.29, 0.717) is 16.2 Å². The van der Waals surface area contributed by atoms with Crippen LogP contribution >= 0.6 is 11.6 Å². The molecule has 2 rings (SSSR count). The lowest BCUT2D eigenvalue weighted by molar-refractivity contribution is 0.236. The molecule has 1 aromatic rings. The van der Waals surface area contributed by atoms with Gasteiger partial charge in [-0.2, -0.15) is 0 Å². The Bertz CT molecular complexity index is 472. The van der Waals surface area contributed by atoms with Crippen molar-refractivity contribution < 1.29 is 9.84 Å². The van der Waals surface area contributed by atoms with Crippen LogP contribution in [0.3, 0.4) is 0 Å². The van der Waals surface area contributed by atoms with Gasteiger partial charge in [0.1, 0.15) is 0 Å². The number of likely N-dealkylation sites (tertiary alicyclic amines) is 1. The summed E-state index contributed by atoms with van der Waals surface area (Å²) in [5, 5.41) is 10.1. The van der Waals surface area contributed by atoms with Crippen LogP contribution in [-0.2, 0) is 6.54 Å². The van der Waals surface area contributed by atoms with E-state index in [-0.39, 0.29) is 5.75 Å². The van der Waals surface area contributed by atoms with Crippen LogP contribution in [0.5, 0.6) is 11.5 Å². The third-order valence-electron chi connectivity index (χ3n) is 4.73. The first-order valence-corrected chi connectivity index (χ1v) is 7.69. The molecule has 0 atom stereocenters. The standard InChI is InChI=1S/C16H24ClNO2/c1-4-16(5-2)6-7-18(11-16)10-12-8-13(17)15(19)14(9-12)20-3/h8-9,19H,4-7,10-11H2,1-3H3. The van der Waals surface area contributed by atoms with Crippen LogP contribution < -0.4 is 4.74 Å². The number of phenols is 1. The van der Waals surface area contributed by atoms with E-state index in [9.17, 15) is 5.11 Å². The highest BCUT2D eigenvalue weighted by molar-refractivity contribution is 6.32. The minimum Gasteiger partial charge on any atom is -0.503 e. The average molecular weight is 298 g/mol. The zero-order valence-electron chi connectivity index (χ0n) is 12.6. The molecule has 0 spiro atoms. The quantitative estimate of drug-likeness (QED) is 0.889. The number of benzene rings is 1. The highest BCUT2D eigenvalue weighted by atomic mass is 35.5. The first-order chi connectivity index (χ1) is 9.53. The van der Waals surface area contributed by atoms with E-state index in [2.05, 4.69) is 18.7 Å². The Morgan fingerprint density at radius 3 is 2.60 bits per heavy atom. The molecule has 0 bridgehead atoms. The van der Waals surface area contributed by atoms with Crippen LogP contribution in [0, 0.1) is 5.41 Å². The minimum atomic E-state index is 0.0239. The SMILES string of the molecule is CCC1(CC)CCN(Cc2cc(Cl)c(O)c(OC)c2)C1. The third-order valence-corrected chi connectivity index (χ3v) is 5.02. The van der Waals surface area contributed by atoms with E-state index in [4.69, 9.17) is 16.3 Å². The van der Waals surface area contributed by atoms with Crippen LogP contribution in [0.1, 0.15) is 38.7 Å². The van der Waals surface area contributed by atoms with Crippen molar-refractivity contribution in [3.05, 3.63) is 22.7 Å². The number of methoxy groups -OCH3 is 1. The molecule has 1 aromatic carbocycles. The largest absolute Gasteiger partial charge is 0.503 e. The maximum Gasteiger partial charge on any atom is 0.176 e. The van der Waals surface area contributed by atoms with Gasteiger partial charge >= 0.3 is 0 Å². The zero-order valence-corrected chi connectivity index (χ0v) is 13.3. The van der Waals surface area contributed by atoms with Gasteiger partial charge in [0.15, 0.2) is 11.5 Å². The van der Waals surface area contributed by atoms with E-state index in [1.54, 1.807) is 7.11 Å². The second-order valence-corrected chi connectivity index (χ2v) is 6.20. The number of aromatic hydroxyl groups is 1. The van der Waals surface area contributed by atoms with Crippen LogP contribution in [0.15, 0.2) is 12.1 Å². The monoisotopic (exact) mass is 297 g/mol. The molecule has 20 heavy (non-hydrogen) atoms. The van der Waals surface area contributed by atoms with Gasteiger partial charge in [-0.05, 0) is 48.9 Å². The molecule has 1 aliphatic rings. The molecule has 0 saturated carbocycles. The van der Waals surface area contributed by atoms with Gasteiger partial charge in [0.25, 0.3) is 0 Å². The van der Waals surface area contributed by atoms with Crippen molar-refractivity contribution in [3.63, 3.8) is 0 Å². The van der Waals surface area contributed by atoms with Crippen molar-refractivity contribution in [2.75, 3.05) is 20.2 Å². The molecule has 0 aliphatic carbocycles. The number of nitrogens with zero attached hydrogens (tertiary/aromatic N) is 1. The molecule has 4 heteroatoms. The summed E-state index contributed by atoms with van der Waals surface area (Å²) < 4.78 is 5.16. The molecule has 0 radical (unpaired) electrons. The van der Waals surface area contributed by atoms with Crippen molar-refractivity contribution in [1.82, 2.24) is 4.90 Å². The number of phenolic OH excluding ortho intramolecular Hbond substituents is 1. The molecule has 1 fully saturated rings. The molecule has 0 amide bonds. The Hall–Kier alpha value is -0.930. The summed E-state index contributed by atoms with van der Waals surface area (Å²) in [4.78, 5) is 2.47. The molecule has 1 heterocycles. The fraction of sp³-hybridized carbons (Fsp3) is 0.625. The first-order valence-electron chi connectivity index (χ1n) is 7.31. The topological polar surface area (TPSA) is 32.7 Å². The van der Waals surface area contributed by atoms with Crippen molar-refractivity contribution in [2.45, 2.75) is 39.7 Å². The fourth-order valence-electron chi connectivity index (χ4n) is 3.12. The number of hydrogen-bond donors (Lipinski definition) is 1. The normalized spacial score (nSPS) is 18.4. The van der Waals surface area contributed by atoms with Gasteiger partial charge in [0, 0.05) is 13.1 Å². The van der Waals surface area contributed by atoms with E-state index in [0.717, 1.165) is 25.2 Å². The lowest BCUT2D eigenvalue weighted by Gasteiger charge is -2.26. The zero-order chi connectivity index (χ0) is 14.8. The lowest BCUT2D eigenvalue weighted by atomic mass is 9.82. The van der Waals surface area contributed by atoms with Gasteiger partial charge in [-0.25, -0.2) is 0 Å². The Kier molecular flexibility index (Phi) is 4.82. The predicted molar refractivity (Wildman–Crippen MR) is 82.6 cm³/mol. The second-order valence-electron chi connectivity index (χ2n) is 5.80. The summed E-state index contributed by atoms with van der Waals surface area (Å²) in [5.74, 6) is 0.472. The van der Waals surface area contributed by atoms with Gasteiger partial charge in [0.05, 0.1) is 12.1 Å². The maximum absolute atomic E-state index is 9.77. The third kappa shape index (κ3) is 3.04. The first kappa shape index (κ1) is 15.5. The molecule has 3 nitrogen and oxygen atoms in total. The molecule has 1 aliphatic heterocycles. The van der Waals surface area contributed by atoms with E-state index in [1.807, 2.05) is 12.1 Å². The Balaban J connectivity index is 2.10. The molecule has 0 unspecified atom stereocenters. The van der Waals surface area contributed by atoms with Crippen molar-refractivity contribution in [1.29, 1.82) is 0 Å². The van der Waals surface area contributed by atoms with Crippen molar-refractivity contribution in [3.8, 4) is 11.5 Å². The van der Waals surface area contributed by atoms with Crippen molar-refractivity contribution in [2.24, 2.45) is 5.41 Å². The van der Waals surface area contributed by atoms with E-state index in [1.165, 1.54) is 19.3 Å². The van der Waals surface area contributed by atoms with E-state index < -0.39 is 0 Å². The Morgan fingerprint density at radius 2 is 2.05 bits per heavy atom. The summed E-state index contributed by atoms with van der Waals surface area (Å²) in [6.07, 6.45) is 3.74. The fourth-order valence-corrected chi connectivity index (χ4v) is 3.36. The van der Waals surface area contributed by atoms with Gasteiger partial charge in [0.2, 0.25) is 0 Å². The number of rotatable bonds is 5. The van der Waals surface area contributed by atoms with Gasteiger partial charge in [-0.15, -0.1) is 0 Å². The molecule has 0 aromatic heterocycles. The van der Waals surface area contributed by atoms with Crippen LogP contribution in [0.4, 0.5) is 0 Å². The van der Waals surface area contributed by atoms with E-state index >= 15 is 0 Å². The lowest BCUT2D eigenvalue weighted by Crippen LogP contribution is -2.26. The Morgan fingerprint density at radius 1 is 1.35 bits per heavy atom. The van der Waals surface area contributed by atoms with Crippen molar-refractivity contribution >= 4 is 11.6 Å². The summed E-state index contributed by atoms with van der Waals surface area (Å²) >= 11 is 6.05. The second kappa shape index (κ2) is 6.23. The van der Waals surface area contributed by atoms with Gasteiger partial charge in [-0.3, -0.25) is 4.90 Å². The van der Waals surface area contributed by atoms with Crippen LogP contribution in [0.25, 0.3) is 0 Å². The summed E-state index contributed by atoms with van der Waals surface area (Å²) in [6, 6.07) is 3.70. The van der Waals surface area contributed by atoms with Crippen LogP contribution in [-0.4, -0.2) is 30.2 Å². The molecule has 1 N–H and O–H groups in total. The summed E-state index contributed by atoms with van der Waals surface area (Å²) in [5.41, 5.74) is 1.57. The highest BCUT2D eigenvalue weighted by Gasteiger charge is 2.34. The van der Waals surface area contributed by atoms with Gasteiger partial charge in [-0.1, -0.05) is 25.4 Å². The maximum atomic E-state index is 9.77. The number of halogens is 1. The summed E-state index contributed by atoms with van der Waals surface area (Å²) in [7, 11) is 1.55. The molecular formula is C16H24ClNO2. The number of ether oxygens (including phenoxy) is 1. The highest BCUT2D eigenvalue weighted by Crippen LogP contribution is 2.39. The number of hydrogen-bond acceptors (Lipinski definition) is 3. The molecule has 1 saturated heterocycles. The minimum absolute atomic E-state index is 0.0239. The predicted octanol–water partition coefficient (Wildman–Crippen LogP) is 4.07. The smallest absolute Gasteiger partial charge is 0.176 e. The Labute approximate surface area is 126 Å². The van der Waals surface area contributed by atoms with Crippen LogP contribution in [0.2, 0.25) is 5.02 Å². The molecule has 112 valence electrons. The molecular weight excluding hydrogens is 274 g/mol. The average Bonchev–Trinajstić information content (AvgIpc) is 2.86.